The first-order valence-electron chi connectivity index (χ1n) is 6.92. The van der Waals surface area contributed by atoms with Gasteiger partial charge in [0.15, 0.2) is 0 Å². The lowest BCUT2D eigenvalue weighted by molar-refractivity contribution is 0.0695. The minimum absolute atomic E-state index is 0.0457. The third-order valence-corrected chi connectivity index (χ3v) is 4.02. The summed E-state index contributed by atoms with van der Waals surface area (Å²) in [5, 5.41) is 12.8. The molecular weight excluding hydrogens is 270 g/mol. The normalized spacial score (nSPS) is 16.0. The predicted molar refractivity (Wildman–Crippen MR) is 79.5 cm³/mol. The lowest BCUT2D eigenvalue weighted by Crippen LogP contribution is -2.33. The third kappa shape index (κ3) is 2.32. The van der Waals surface area contributed by atoms with Gasteiger partial charge in [0, 0.05) is 35.7 Å². The number of aromatic nitrogens is 1. The summed E-state index contributed by atoms with van der Waals surface area (Å²) in [6, 6.07) is 5.50. The van der Waals surface area contributed by atoms with Gasteiger partial charge in [-0.05, 0) is 30.5 Å². The van der Waals surface area contributed by atoms with Gasteiger partial charge in [0.25, 0.3) is 0 Å². The zero-order valence-electron chi connectivity index (χ0n) is 11.5. The van der Waals surface area contributed by atoms with E-state index in [9.17, 15) is 9.59 Å². The van der Waals surface area contributed by atoms with E-state index in [1.54, 1.807) is 6.07 Å². The summed E-state index contributed by atoms with van der Waals surface area (Å²) < 4.78 is 0. The summed E-state index contributed by atoms with van der Waals surface area (Å²) in [6.07, 6.45) is 3.33. The van der Waals surface area contributed by atoms with Gasteiger partial charge in [-0.3, -0.25) is 4.79 Å². The Labute approximate surface area is 121 Å². The molecule has 21 heavy (non-hydrogen) atoms. The van der Waals surface area contributed by atoms with Crippen LogP contribution in [0.1, 0.15) is 28.8 Å². The number of H-pyrrole nitrogens is 1. The number of aromatic carboxylic acids is 1. The first-order chi connectivity index (χ1) is 10.1. The van der Waals surface area contributed by atoms with E-state index in [2.05, 4.69) is 10.3 Å². The molecule has 0 spiro atoms. The Kier molecular flexibility index (Phi) is 3.27. The van der Waals surface area contributed by atoms with Crippen molar-refractivity contribution in [3.63, 3.8) is 0 Å². The zero-order valence-corrected chi connectivity index (χ0v) is 11.5. The Hall–Kier alpha value is -2.18. The van der Waals surface area contributed by atoms with Crippen LogP contribution < -0.4 is 16.5 Å². The summed E-state index contributed by atoms with van der Waals surface area (Å²) >= 11 is 0. The Morgan fingerprint density at radius 1 is 1.43 bits per heavy atom. The number of fused-ring (bicyclic) bond motifs is 1. The van der Waals surface area contributed by atoms with Gasteiger partial charge in [-0.25, -0.2) is 4.79 Å². The maximum Gasteiger partial charge on any atom is 0.341 e. The van der Waals surface area contributed by atoms with Crippen LogP contribution in [0.4, 0.5) is 0 Å². The fourth-order valence-corrected chi connectivity index (χ4v) is 2.68. The van der Waals surface area contributed by atoms with E-state index in [-0.39, 0.29) is 11.1 Å². The first kappa shape index (κ1) is 13.8. The number of pyridine rings is 1. The van der Waals surface area contributed by atoms with Crippen LogP contribution in [0.2, 0.25) is 0 Å². The molecule has 2 aromatic rings. The molecule has 6 nitrogen and oxygen atoms in total. The van der Waals surface area contributed by atoms with Crippen molar-refractivity contribution >= 4 is 16.9 Å². The molecule has 1 aliphatic carbocycles. The third-order valence-electron chi connectivity index (χ3n) is 4.02. The molecule has 1 aromatic heterocycles. The minimum Gasteiger partial charge on any atom is -0.477 e. The Bertz CT molecular complexity index is 762. The number of carboxylic acids is 1. The van der Waals surface area contributed by atoms with Crippen LogP contribution in [-0.2, 0) is 5.54 Å². The molecule has 0 bridgehead atoms. The van der Waals surface area contributed by atoms with Crippen LogP contribution in [-0.4, -0.2) is 29.1 Å². The van der Waals surface area contributed by atoms with Crippen molar-refractivity contribution in [1.82, 2.24) is 10.3 Å². The average Bonchev–Trinajstić information content (AvgIpc) is 3.26. The standard InChI is InChI=1S/C15H17N3O3/c16-5-6-18-15(3-4-15)9-1-2-10-12(7-9)17-8-11(13(10)19)14(20)21/h1-2,7-8,18H,3-6,16H2,(H,17,19)(H,20,21). The number of hydrogen-bond donors (Lipinski definition) is 4. The number of nitrogens with two attached hydrogens (primary N) is 1. The quantitative estimate of drug-likeness (QED) is 0.649. The highest BCUT2D eigenvalue weighted by Gasteiger charge is 2.43. The lowest BCUT2D eigenvalue weighted by Gasteiger charge is -2.18. The van der Waals surface area contributed by atoms with E-state index in [1.165, 1.54) is 6.20 Å². The van der Waals surface area contributed by atoms with Crippen LogP contribution in [0, 0.1) is 0 Å². The molecule has 1 aliphatic rings. The Balaban J connectivity index is 2.04. The second kappa shape index (κ2) is 4.98. The molecule has 0 radical (unpaired) electrons. The molecular formula is C15H17N3O3. The second-order valence-electron chi connectivity index (χ2n) is 5.39. The van der Waals surface area contributed by atoms with E-state index >= 15 is 0 Å². The fraction of sp³-hybridized carbons (Fsp3) is 0.333. The van der Waals surface area contributed by atoms with E-state index in [0.29, 0.717) is 17.4 Å². The minimum atomic E-state index is -1.22. The maximum atomic E-state index is 12.1. The smallest absolute Gasteiger partial charge is 0.341 e. The van der Waals surface area contributed by atoms with Gasteiger partial charge in [-0.1, -0.05) is 6.07 Å². The molecule has 0 saturated heterocycles. The van der Waals surface area contributed by atoms with Gasteiger partial charge >= 0.3 is 5.97 Å². The van der Waals surface area contributed by atoms with Gasteiger partial charge < -0.3 is 21.1 Å². The average molecular weight is 287 g/mol. The number of carboxylic acid groups (broad SMARTS) is 1. The number of aromatic amines is 1. The fourth-order valence-electron chi connectivity index (χ4n) is 2.68. The van der Waals surface area contributed by atoms with Crippen LogP contribution in [0.5, 0.6) is 0 Å². The number of rotatable bonds is 5. The second-order valence-corrected chi connectivity index (χ2v) is 5.39. The van der Waals surface area contributed by atoms with E-state index in [0.717, 1.165) is 24.9 Å². The van der Waals surface area contributed by atoms with Crippen LogP contribution in [0.25, 0.3) is 10.9 Å². The molecule has 1 saturated carbocycles. The van der Waals surface area contributed by atoms with E-state index in [1.807, 2.05) is 12.1 Å². The van der Waals surface area contributed by atoms with Crippen molar-refractivity contribution in [2.24, 2.45) is 5.73 Å². The number of carbonyl (C=O) groups is 1. The van der Waals surface area contributed by atoms with Crippen LogP contribution >= 0.6 is 0 Å². The highest BCUT2D eigenvalue weighted by molar-refractivity contribution is 5.92. The lowest BCUT2D eigenvalue weighted by atomic mass is 10.0. The predicted octanol–water partition coefficient (Wildman–Crippen LogP) is 0.764. The molecule has 0 atom stereocenters. The van der Waals surface area contributed by atoms with Crippen molar-refractivity contribution in [3.05, 3.63) is 45.7 Å². The van der Waals surface area contributed by atoms with Gasteiger partial charge in [0.2, 0.25) is 5.43 Å². The molecule has 3 rings (SSSR count). The summed E-state index contributed by atoms with van der Waals surface area (Å²) in [7, 11) is 0. The molecule has 1 aromatic carbocycles. The molecule has 5 N–H and O–H groups in total. The van der Waals surface area contributed by atoms with E-state index < -0.39 is 11.4 Å². The van der Waals surface area contributed by atoms with Crippen molar-refractivity contribution in [3.8, 4) is 0 Å². The van der Waals surface area contributed by atoms with Gasteiger partial charge in [-0.15, -0.1) is 0 Å². The van der Waals surface area contributed by atoms with Gasteiger partial charge in [-0.2, -0.15) is 0 Å². The monoisotopic (exact) mass is 287 g/mol. The van der Waals surface area contributed by atoms with Gasteiger partial charge in [0.05, 0.1) is 0 Å². The van der Waals surface area contributed by atoms with E-state index in [4.69, 9.17) is 10.8 Å². The summed E-state index contributed by atoms with van der Waals surface area (Å²) in [5.41, 5.74) is 6.55. The maximum absolute atomic E-state index is 12.1. The SMILES string of the molecule is NCCNC1(c2ccc3c(=O)c(C(=O)O)c[nH]c3c2)CC1. The Morgan fingerprint density at radius 3 is 2.81 bits per heavy atom. The molecule has 0 amide bonds. The van der Waals surface area contributed by atoms with Crippen molar-refractivity contribution in [2.75, 3.05) is 13.1 Å². The zero-order chi connectivity index (χ0) is 15.0. The highest BCUT2D eigenvalue weighted by Crippen LogP contribution is 2.45. The molecule has 6 heteroatoms. The molecule has 110 valence electrons. The van der Waals surface area contributed by atoms with Crippen LogP contribution in [0.3, 0.4) is 0 Å². The molecule has 1 fully saturated rings. The number of hydrogen-bond acceptors (Lipinski definition) is 4. The molecule has 0 unspecified atom stereocenters. The Morgan fingerprint density at radius 2 is 2.19 bits per heavy atom. The van der Waals surface area contributed by atoms with Gasteiger partial charge in [0.1, 0.15) is 5.56 Å². The molecule has 0 aliphatic heterocycles. The van der Waals surface area contributed by atoms with Crippen molar-refractivity contribution in [1.29, 1.82) is 0 Å². The number of nitrogens with one attached hydrogen (secondary N) is 2. The summed E-state index contributed by atoms with van der Waals surface area (Å²) in [5.74, 6) is -1.22. The van der Waals surface area contributed by atoms with Crippen molar-refractivity contribution in [2.45, 2.75) is 18.4 Å². The summed E-state index contributed by atoms with van der Waals surface area (Å²) in [4.78, 5) is 26.0. The van der Waals surface area contributed by atoms with Crippen LogP contribution in [0.15, 0.2) is 29.2 Å². The number of benzene rings is 1. The first-order valence-corrected chi connectivity index (χ1v) is 6.92. The topological polar surface area (TPSA) is 108 Å². The largest absolute Gasteiger partial charge is 0.477 e. The van der Waals surface area contributed by atoms with Crippen molar-refractivity contribution < 1.29 is 9.90 Å². The summed E-state index contributed by atoms with van der Waals surface area (Å²) in [6.45, 7) is 1.32. The highest BCUT2D eigenvalue weighted by atomic mass is 16.4. The molecule has 1 heterocycles.